The molecule has 0 unspecified atom stereocenters. The molecule has 0 radical (unpaired) electrons. The Hall–Kier alpha value is -2.32. The van der Waals surface area contributed by atoms with Crippen molar-refractivity contribution in [2.45, 2.75) is 18.5 Å². The number of rotatable bonds is 5. The summed E-state index contributed by atoms with van der Waals surface area (Å²) in [5, 5.41) is 19.5. The van der Waals surface area contributed by atoms with E-state index in [9.17, 15) is 14.8 Å². The molecule has 0 saturated carbocycles. The average molecular weight is 307 g/mol. The van der Waals surface area contributed by atoms with Crippen LogP contribution in [0.5, 0.6) is 5.75 Å². The number of ether oxygens (including phenoxy) is 1. The standard InChI is InChI=1S/C14H17N3O5/c15-13(19)6-11-9-2-1-8(22-4-3-18)5-10(9)12-7-16(11)14(20)17(12)21/h1-2,5,11-12,18,21H,3-4,6-7H2,(H2,15,19)/t11-,12-/m0/s1. The van der Waals surface area contributed by atoms with Crippen LogP contribution in [0.3, 0.4) is 0 Å². The van der Waals surface area contributed by atoms with Crippen LogP contribution in [0.2, 0.25) is 0 Å². The number of nitrogens with zero attached hydrogens (tertiary/aromatic N) is 2. The highest BCUT2D eigenvalue weighted by atomic mass is 16.5. The van der Waals surface area contributed by atoms with Gasteiger partial charge in [0.2, 0.25) is 5.91 Å². The van der Waals surface area contributed by atoms with Crippen molar-refractivity contribution in [3.63, 3.8) is 0 Å². The first-order chi connectivity index (χ1) is 10.5. The Morgan fingerprint density at radius 3 is 2.86 bits per heavy atom. The summed E-state index contributed by atoms with van der Waals surface area (Å²) in [5.74, 6) is 0.0195. The minimum Gasteiger partial charge on any atom is -0.491 e. The molecule has 4 N–H and O–H groups in total. The Labute approximate surface area is 126 Å². The summed E-state index contributed by atoms with van der Waals surface area (Å²) in [6.45, 7) is 0.342. The second-order valence-electron chi connectivity index (χ2n) is 5.34. The Morgan fingerprint density at radius 1 is 1.41 bits per heavy atom. The van der Waals surface area contributed by atoms with E-state index in [0.717, 1.165) is 11.1 Å². The smallest absolute Gasteiger partial charge is 0.345 e. The lowest BCUT2D eigenvalue weighted by atomic mass is 9.89. The molecule has 22 heavy (non-hydrogen) atoms. The molecule has 0 spiro atoms. The van der Waals surface area contributed by atoms with Gasteiger partial charge in [0, 0.05) is 0 Å². The van der Waals surface area contributed by atoms with Gasteiger partial charge in [-0.2, -0.15) is 5.06 Å². The van der Waals surface area contributed by atoms with Gasteiger partial charge in [-0.05, 0) is 23.3 Å². The fourth-order valence-electron chi connectivity index (χ4n) is 3.07. The molecule has 2 aliphatic rings. The van der Waals surface area contributed by atoms with Crippen molar-refractivity contribution >= 4 is 11.9 Å². The summed E-state index contributed by atoms with van der Waals surface area (Å²) < 4.78 is 5.37. The minimum absolute atomic E-state index is 0.00383. The van der Waals surface area contributed by atoms with Gasteiger partial charge in [-0.25, -0.2) is 4.79 Å². The van der Waals surface area contributed by atoms with E-state index in [1.54, 1.807) is 18.2 Å². The predicted octanol–water partition coefficient (Wildman–Crippen LogP) is 0.156. The van der Waals surface area contributed by atoms with Crippen molar-refractivity contribution in [2.75, 3.05) is 19.8 Å². The number of aliphatic hydroxyl groups excluding tert-OH is 1. The maximum absolute atomic E-state index is 12.1. The Kier molecular flexibility index (Phi) is 3.63. The van der Waals surface area contributed by atoms with Gasteiger partial charge in [0.25, 0.3) is 0 Å². The molecule has 2 atom stereocenters. The number of hydrogen-bond acceptors (Lipinski definition) is 5. The topological polar surface area (TPSA) is 116 Å². The van der Waals surface area contributed by atoms with Crippen LogP contribution >= 0.6 is 0 Å². The summed E-state index contributed by atoms with van der Waals surface area (Å²) in [6, 6.07) is 3.68. The van der Waals surface area contributed by atoms with E-state index >= 15 is 0 Å². The summed E-state index contributed by atoms with van der Waals surface area (Å²) in [7, 11) is 0. The Bertz CT molecular complexity index is 620. The maximum Gasteiger partial charge on any atom is 0.345 e. The van der Waals surface area contributed by atoms with Gasteiger partial charge in [-0.3, -0.25) is 10.0 Å². The first kappa shape index (κ1) is 14.6. The molecular formula is C14H17N3O5. The van der Waals surface area contributed by atoms with Crippen LogP contribution in [-0.4, -0.2) is 52.0 Å². The van der Waals surface area contributed by atoms with Crippen molar-refractivity contribution in [3.8, 4) is 5.75 Å². The number of carbonyl (C=O) groups excluding carboxylic acids is 2. The fourth-order valence-corrected chi connectivity index (χ4v) is 3.07. The molecule has 0 aromatic heterocycles. The normalized spacial score (nSPS) is 22.7. The second-order valence-corrected chi connectivity index (χ2v) is 5.34. The average Bonchev–Trinajstić information content (AvgIpc) is 2.75. The van der Waals surface area contributed by atoms with E-state index in [4.69, 9.17) is 15.6 Å². The van der Waals surface area contributed by atoms with Crippen molar-refractivity contribution in [3.05, 3.63) is 29.3 Å². The van der Waals surface area contributed by atoms with E-state index in [1.807, 2.05) is 0 Å². The third-order valence-corrected chi connectivity index (χ3v) is 4.01. The number of amides is 3. The minimum atomic E-state index is -0.537. The highest BCUT2D eigenvalue weighted by Crippen LogP contribution is 2.45. The SMILES string of the molecule is NC(=O)C[C@H]1c2ccc(OCCO)cc2[C@@H]2CN1C(=O)N2O. The first-order valence-electron chi connectivity index (χ1n) is 6.97. The van der Waals surface area contributed by atoms with Crippen LogP contribution in [0.25, 0.3) is 0 Å². The van der Waals surface area contributed by atoms with Gasteiger partial charge < -0.3 is 20.5 Å². The highest BCUT2D eigenvalue weighted by molar-refractivity contribution is 5.81. The number of benzene rings is 1. The molecule has 1 aromatic carbocycles. The molecule has 8 nitrogen and oxygen atoms in total. The van der Waals surface area contributed by atoms with Gasteiger partial charge >= 0.3 is 6.03 Å². The van der Waals surface area contributed by atoms with Gasteiger partial charge in [-0.1, -0.05) is 6.07 Å². The quantitative estimate of drug-likeness (QED) is 0.670. The third-order valence-electron chi connectivity index (χ3n) is 4.01. The lowest BCUT2D eigenvalue weighted by molar-refractivity contribution is -0.119. The van der Waals surface area contributed by atoms with Crippen LogP contribution in [0.4, 0.5) is 4.79 Å². The number of fused-ring (bicyclic) bond motifs is 4. The maximum atomic E-state index is 12.1. The van der Waals surface area contributed by atoms with E-state index in [0.29, 0.717) is 17.4 Å². The Balaban J connectivity index is 2.01. The van der Waals surface area contributed by atoms with Crippen LogP contribution in [0, 0.1) is 0 Å². The van der Waals surface area contributed by atoms with Crippen molar-refractivity contribution in [1.29, 1.82) is 0 Å². The van der Waals surface area contributed by atoms with Crippen LogP contribution in [-0.2, 0) is 4.79 Å². The molecule has 1 fully saturated rings. The number of aliphatic hydroxyl groups is 1. The number of urea groups is 1. The summed E-state index contributed by atoms with van der Waals surface area (Å²) in [6.07, 6.45) is -0.00383. The summed E-state index contributed by atoms with van der Waals surface area (Å²) in [4.78, 5) is 24.8. The van der Waals surface area contributed by atoms with Crippen molar-refractivity contribution in [1.82, 2.24) is 9.96 Å². The molecule has 0 aliphatic carbocycles. The lowest BCUT2D eigenvalue weighted by Gasteiger charge is -2.32. The fraction of sp³-hybridized carbons (Fsp3) is 0.429. The molecule has 1 saturated heterocycles. The molecule has 2 heterocycles. The molecule has 118 valence electrons. The largest absolute Gasteiger partial charge is 0.491 e. The van der Waals surface area contributed by atoms with Gasteiger partial charge in [0.05, 0.1) is 25.6 Å². The number of hydroxylamine groups is 2. The van der Waals surface area contributed by atoms with Gasteiger partial charge in [-0.15, -0.1) is 0 Å². The zero-order chi connectivity index (χ0) is 15.9. The van der Waals surface area contributed by atoms with E-state index in [1.165, 1.54) is 4.90 Å². The van der Waals surface area contributed by atoms with E-state index in [2.05, 4.69) is 0 Å². The summed E-state index contributed by atoms with van der Waals surface area (Å²) >= 11 is 0. The van der Waals surface area contributed by atoms with Crippen LogP contribution in [0.15, 0.2) is 18.2 Å². The monoisotopic (exact) mass is 307 g/mol. The third kappa shape index (κ3) is 2.26. The van der Waals surface area contributed by atoms with Gasteiger partial charge in [0.15, 0.2) is 0 Å². The van der Waals surface area contributed by atoms with Crippen LogP contribution < -0.4 is 10.5 Å². The molecule has 2 bridgehead atoms. The van der Waals surface area contributed by atoms with Crippen molar-refractivity contribution < 1.29 is 24.6 Å². The number of hydrogen-bond donors (Lipinski definition) is 3. The van der Waals surface area contributed by atoms with E-state index < -0.39 is 24.0 Å². The van der Waals surface area contributed by atoms with Crippen LogP contribution in [0.1, 0.15) is 29.6 Å². The summed E-state index contributed by atoms with van der Waals surface area (Å²) in [5.41, 5.74) is 6.78. The molecule has 3 rings (SSSR count). The number of carbonyl (C=O) groups is 2. The van der Waals surface area contributed by atoms with Crippen molar-refractivity contribution in [2.24, 2.45) is 5.73 Å². The predicted molar refractivity (Wildman–Crippen MR) is 74.0 cm³/mol. The van der Waals surface area contributed by atoms with Gasteiger partial charge in [0.1, 0.15) is 18.4 Å². The molecule has 2 aliphatic heterocycles. The molecular weight excluding hydrogens is 290 g/mol. The first-order valence-corrected chi connectivity index (χ1v) is 6.97. The number of primary amides is 1. The molecule has 8 heteroatoms. The lowest BCUT2D eigenvalue weighted by Crippen LogP contribution is -2.36. The zero-order valence-corrected chi connectivity index (χ0v) is 11.8. The molecule has 1 aromatic rings. The Morgan fingerprint density at radius 2 is 2.18 bits per heavy atom. The zero-order valence-electron chi connectivity index (χ0n) is 11.8. The number of nitrogens with two attached hydrogens (primary N) is 1. The highest BCUT2D eigenvalue weighted by Gasteiger charge is 2.47. The second kappa shape index (κ2) is 5.47. The molecule has 3 amide bonds. The van der Waals surface area contributed by atoms with E-state index in [-0.39, 0.29) is 19.6 Å².